The van der Waals surface area contributed by atoms with Crippen molar-refractivity contribution in [1.82, 2.24) is 9.80 Å². The molecule has 2 aliphatic rings. The number of hydrogen-bond acceptors (Lipinski definition) is 6. The Morgan fingerprint density at radius 2 is 1.87 bits per heavy atom. The zero-order valence-corrected chi connectivity index (χ0v) is 18.7. The molecule has 0 spiro atoms. The van der Waals surface area contributed by atoms with Crippen LogP contribution in [0.2, 0.25) is 5.02 Å². The molecule has 2 saturated heterocycles. The lowest BCUT2D eigenvalue weighted by Gasteiger charge is -2.35. The number of sulfone groups is 1. The second-order valence-corrected chi connectivity index (χ2v) is 10.7. The quantitative estimate of drug-likeness (QED) is 0.684. The summed E-state index contributed by atoms with van der Waals surface area (Å²) in [6.45, 7) is 1.42. The first-order chi connectivity index (χ1) is 14.3. The van der Waals surface area contributed by atoms with Crippen molar-refractivity contribution in [3.05, 3.63) is 51.2 Å². The summed E-state index contributed by atoms with van der Waals surface area (Å²) >= 11 is 7.21. The molecule has 7 nitrogen and oxygen atoms in total. The van der Waals surface area contributed by atoms with E-state index < -0.39 is 9.84 Å². The van der Waals surface area contributed by atoms with Crippen molar-refractivity contribution in [2.24, 2.45) is 0 Å². The number of carbonyl (C=O) groups is 2. The number of amides is 2. The van der Waals surface area contributed by atoms with Gasteiger partial charge in [-0.1, -0.05) is 41.9 Å². The molecule has 1 aromatic carbocycles. The molecule has 0 saturated carbocycles. The van der Waals surface area contributed by atoms with Gasteiger partial charge >= 0.3 is 6.09 Å². The Hall–Kier alpha value is -2.10. The van der Waals surface area contributed by atoms with E-state index in [-0.39, 0.29) is 38.9 Å². The normalized spacial score (nSPS) is 20.5. The van der Waals surface area contributed by atoms with Crippen LogP contribution in [0.4, 0.5) is 4.79 Å². The molecule has 0 radical (unpaired) electrons. The fraction of sp³-hybridized carbons (Fsp3) is 0.400. The molecule has 1 aromatic heterocycles. The number of hydrogen-bond donors (Lipinski definition) is 0. The predicted octanol–water partition coefficient (Wildman–Crippen LogP) is 3.60. The van der Waals surface area contributed by atoms with Crippen molar-refractivity contribution < 1.29 is 22.7 Å². The van der Waals surface area contributed by atoms with Gasteiger partial charge in [0.05, 0.1) is 16.5 Å². The average molecular weight is 469 g/mol. The SMILES string of the molecule is CS(=O)(=O)c1csc(C(=O)N2CCC(N3CC(c4ccccc4)OC3=O)CC2)c1Cl. The minimum absolute atomic E-state index is 0.000602. The van der Waals surface area contributed by atoms with Crippen molar-refractivity contribution in [3.8, 4) is 0 Å². The zero-order chi connectivity index (χ0) is 21.5. The van der Waals surface area contributed by atoms with Gasteiger partial charge in [0.1, 0.15) is 11.0 Å². The lowest BCUT2D eigenvalue weighted by Crippen LogP contribution is -2.47. The largest absolute Gasteiger partial charge is 0.439 e. The minimum atomic E-state index is -3.48. The summed E-state index contributed by atoms with van der Waals surface area (Å²) < 4.78 is 29.1. The van der Waals surface area contributed by atoms with E-state index in [1.807, 2.05) is 30.3 Å². The predicted molar refractivity (Wildman–Crippen MR) is 114 cm³/mol. The van der Waals surface area contributed by atoms with Crippen LogP contribution in [0, 0.1) is 0 Å². The Balaban J connectivity index is 1.39. The van der Waals surface area contributed by atoms with Gasteiger partial charge in [0.2, 0.25) is 0 Å². The second kappa shape index (κ2) is 8.20. The first-order valence-electron chi connectivity index (χ1n) is 9.54. The maximum Gasteiger partial charge on any atom is 0.410 e. The summed E-state index contributed by atoms with van der Waals surface area (Å²) in [4.78, 5) is 28.9. The Labute approximate surface area is 184 Å². The number of nitrogens with zero attached hydrogens (tertiary/aromatic N) is 2. The van der Waals surface area contributed by atoms with Crippen LogP contribution in [-0.4, -0.2) is 62.1 Å². The number of thiophene rings is 1. The third kappa shape index (κ3) is 4.06. The van der Waals surface area contributed by atoms with E-state index in [4.69, 9.17) is 16.3 Å². The lowest BCUT2D eigenvalue weighted by molar-refractivity contribution is 0.0663. The molecule has 1 unspecified atom stereocenters. The number of cyclic esters (lactones) is 1. The third-order valence-electron chi connectivity index (χ3n) is 5.50. The molecule has 160 valence electrons. The van der Waals surface area contributed by atoms with Crippen molar-refractivity contribution in [3.63, 3.8) is 0 Å². The van der Waals surface area contributed by atoms with Crippen LogP contribution < -0.4 is 0 Å². The van der Waals surface area contributed by atoms with E-state index >= 15 is 0 Å². The second-order valence-electron chi connectivity index (χ2n) is 7.47. The van der Waals surface area contributed by atoms with Crippen LogP contribution in [0.5, 0.6) is 0 Å². The molecular formula is C20H21ClN2O5S2. The Morgan fingerprint density at radius 1 is 1.20 bits per heavy atom. The van der Waals surface area contributed by atoms with Gasteiger partial charge in [0, 0.05) is 30.8 Å². The van der Waals surface area contributed by atoms with Crippen LogP contribution in [0.3, 0.4) is 0 Å². The highest BCUT2D eigenvalue weighted by molar-refractivity contribution is 7.91. The highest BCUT2D eigenvalue weighted by Gasteiger charge is 2.39. The van der Waals surface area contributed by atoms with E-state index in [1.165, 1.54) is 5.38 Å². The number of piperidine rings is 1. The number of halogens is 1. The first kappa shape index (κ1) is 21.1. The van der Waals surface area contributed by atoms with E-state index in [2.05, 4.69) is 0 Å². The summed E-state index contributed by atoms with van der Waals surface area (Å²) in [7, 11) is -3.48. The molecule has 0 bridgehead atoms. The van der Waals surface area contributed by atoms with Gasteiger partial charge in [-0.2, -0.15) is 0 Å². The van der Waals surface area contributed by atoms with Gasteiger partial charge in [-0.3, -0.25) is 4.79 Å². The van der Waals surface area contributed by atoms with Crippen LogP contribution in [0.25, 0.3) is 0 Å². The van der Waals surface area contributed by atoms with Crippen molar-refractivity contribution >= 4 is 44.8 Å². The molecule has 4 rings (SSSR count). The van der Waals surface area contributed by atoms with Crippen molar-refractivity contribution in [2.45, 2.75) is 29.9 Å². The topological polar surface area (TPSA) is 84.0 Å². The molecule has 2 amide bonds. The molecule has 3 heterocycles. The maximum absolute atomic E-state index is 12.8. The van der Waals surface area contributed by atoms with Gasteiger partial charge < -0.3 is 14.5 Å². The molecule has 2 fully saturated rings. The van der Waals surface area contributed by atoms with E-state index in [0.717, 1.165) is 23.2 Å². The van der Waals surface area contributed by atoms with E-state index in [0.29, 0.717) is 32.5 Å². The number of likely N-dealkylation sites (tertiary alicyclic amines) is 1. The maximum atomic E-state index is 12.8. The molecule has 1 atom stereocenters. The van der Waals surface area contributed by atoms with Gasteiger partial charge in [0.15, 0.2) is 9.84 Å². The number of rotatable bonds is 4. The first-order valence-corrected chi connectivity index (χ1v) is 12.7. The molecule has 0 N–H and O–H groups in total. The molecular weight excluding hydrogens is 448 g/mol. The summed E-state index contributed by atoms with van der Waals surface area (Å²) in [6, 6.07) is 9.64. The smallest absolute Gasteiger partial charge is 0.410 e. The Bertz CT molecular complexity index is 1060. The summed E-state index contributed by atoms with van der Waals surface area (Å²) in [5, 5.41) is 1.39. The Kier molecular flexibility index (Phi) is 5.78. The summed E-state index contributed by atoms with van der Waals surface area (Å²) in [5.41, 5.74) is 0.968. The molecule has 2 aliphatic heterocycles. The van der Waals surface area contributed by atoms with Crippen LogP contribution >= 0.6 is 22.9 Å². The van der Waals surface area contributed by atoms with Crippen LogP contribution in [0.1, 0.15) is 34.2 Å². The molecule has 2 aromatic rings. The third-order valence-corrected chi connectivity index (χ3v) is 8.35. The van der Waals surface area contributed by atoms with Gasteiger partial charge in [-0.05, 0) is 18.4 Å². The highest BCUT2D eigenvalue weighted by Crippen LogP contribution is 2.34. The van der Waals surface area contributed by atoms with Crippen LogP contribution in [0.15, 0.2) is 40.6 Å². The Morgan fingerprint density at radius 3 is 2.47 bits per heavy atom. The lowest BCUT2D eigenvalue weighted by atomic mass is 10.0. The van der Waals surface area contributed by atoms with E-state index in [9.17, 15) is 18.0 Å². The number of carbonyl (C=O) groups excluding carboxylic acids is 2. The average Bonchev–Trinajstić information content (AvgIpc) is 3.31. The summed E-state index contributed by atoms with van der Waals surface area (Å²) in [5.74, 6) is -0.274. The zero-order valence-electron chi connectivity index (χ0n) is 16.3. The van der Waals surface area contributed by atoms with Crippen molar-refractivity contribution in [1.29, 1.82) is 0 Å². The summed E-state index contributed by atoms with van der Waals surface area (Å²) in [6.07, 6.45) is 1.72. The molecule has 10 heteroatoms. The van der Waals surface area contributed by atoms with Gasteiger partial charge in [-0.15, -0.1) is 11.3 Å². The van der Waals surface area contributed by atoms with Gasteiger partial charge in [-0.25, -0.2) is 13.2 Å². The standard InChI is InChI=1S/C20H21ClN2O5S2/c1-30(26,27)16-12-29-18(17(16)21)19(24)22-9-7-14(8-10-22)23-11-15(28-20(23)25)13-5-3-2-4-6-13/h2-6,12,14-15H,7-11H2,1H3. The minimum Gasteiger partial charge on any atom is -0.439 e. The fourth-order valence-corrected chi connectivity index (χ4v) is 6.74. The monoisotopic (exact) mass is 468 g/mol. The molecule has 30 heavy (non-hydrogen) atoms. The number of ether oxygens (including phenoxy) is 1. The van der Waals surface area contributed by atoms with Gasteiger partial charge in [0.25, 0.3) is 5.91 Å². The van der Waals surface area contributed by atoms with Crippen molar-refractivity contribution in [2.75, 3.05) is 25.9 Å². The van der Waals surface area contributed by atoms with E-state index in [1.54, 1.807) is 9.80 Å². The van der Waals surface area contributed by atoms with Crippen LogP contribution in [-0.2, 0) is 14.6 Å². The highest BCUT2D eigenvalue weighted by atomic mass is 35.5. The fourth-order valence-electron chi connectivity index (χ4n) is 3.87. The number of benzene rings is 1. The molecule has 0 aliphatic carbocycles.